The molecule has 0 saturated heterocycles. The second-order valence-corrected chi connectivity index (χ2v) is 11.8. The molecule has 0 bridgehead atoms. The van der Waals surface area contributed by atoms with E-state index in [-0.39, 0.29) is 6.29 Å². The van der Waals surface area contributed by atoms with Gasteiger partial charge in [-0.3, -0.25) is 0 Å². The zero-order valence-electron chi connectivity index (χ0n) is 13.9. The van der Waals surface area contributed by atoms with Crippen LogP contribution in [-0.4, -0.2) is 28.6 Å². The molecule has 0 spiro atoms. The first kappa shape index (κ1) is 18.6. The zero-order chi connectivity index (χ0) is 15.1. The summed E-state index contributed by atoms with van der Waals surface area (Å²) >= 11 is 0. The number of rotatable bonds is 8. The predicted molar refractivity (Wildman–Crippen MR) is 87.1 cm³/mol. The van der Waals surface area contributed by atoms with Gasteiger partial charge < -0.3 is 9.47 Å². The average Bonchev–Trinajstić information content (AvgIpc) is 2.32. The van der Waals surface area contributed by atoms with Crippen LogP contribution in [0.5, 0.6) is 0 Å². The van der Waals surface area contributed by atoms with Crippen LogP contribution in [0.3, 0.4) is 0 Å². The number of hydrogen-bond donors (Lipinski definition) is 0. The van der Waals surface area contributed by atoms with Crippen LogP contribution >= 0.6 is 0 Å². The van der Waals surface area contributed by atoms with E-state index in [1.54, 1.807) is 14.2 Å². The summed E-state index contributed by atoms with van der Waals surface area (Å²) in [6, 6.07) is 0. The Morgan fingerprint density at radius 2 is 1.16 bits per heavy atom. The average molecular weight is 285 g/mol. The lowest BCUT2D eigenvalue weighted by molar-refractivity contribution is -0.0666. The lowest BCUT2D eigenvalue weighted by Gasteiger charge is -2.40. The largest absolute Gasteiger partial charge is 0.352 e. The molecule has 19 heavy (non-hydrogen) atoms. The molecule has 0 aromatic heterocycles. The number of methoxy groups -OCH3 is 2. The molecule has 0 unspecified atom stereocenters. The molecule has 0 atom stereocenters. The highest BCUT2D eigenvalue weighted by molar-refractivity contribution is 6.88. The Morgan fingerprint density at radius 1 is 0.737 bits per heavy atom. The van der Waals surface area contributed by atoms with Gasteiger partial charge in [-0.05, 0) is 22.7 Å². The van der Waals surface area contributed by atoms with Crippen molar-refractivity contribution in [3.63, 3.8) is 0 Å². The van der Waals surface area contributed by atoms with Crippen molar-refractivity contribution in [3.05, 3.63) is 23.9 Å². The van der Waals surface area contributed by atoms with Crippen molar-refractivity contribution in [2.75, 3.05) is 14.2 Å². The first-order valence-corrected chi connectivity index (χ1v) is 9.55. The van der Waals surface area contributed by atoms with E-state index in [9.17, 15) is 0 Å². The van der Waals surface area contributed by atoms with Crippen LogP contribution in [0.1, 0.15) is 41.5 Å². The van der Waals surface area contributed by atoms with Crippen LogP contribution in [0.4, 0.5) is 0 Å². The summed E-state index contributed by atoms with van der Waals surface area (Å²) in [6.07, 6.45) is 5.93. The van der Waals surface area contributed by atoms with E-state index in [0.717, 1.165) is 16.6 Å². The maximum absolute atomic E-state index is 5.14. The first-order chi connectivity index (χ1) is 8.82. The minimum absolute atomic E-state index is 0.252. The lowest BCUT2D eigenvalue weighted by atomic mass is 10.5. The van der Waals surface area contributed by atoms with Crippen molar-refractivity contribution >= 4 is 8.07 Å². The van der Waals surface area contributed by atoms with Crippen molar-refractivity contribution in [3.8, 4) is 0 Å². The molecular weight excluding hydrogens is 252 g/mol. The molecule has 112 valence electrons. The smallest absolute Gasteiger partial charge is 0.176 e. The van der Waals surface area contributed by atoms with Crippen LogP contribution in [0.15, 0.2) is 23.9 Å². The molecule has 0 fully saturated rings. The van der Waals surface area contributed by atoms with E-state index in [0.29, 0.717) is 0 Å². The molecule has 0 N–H and O–H groups in total. The summed E-state index contributed by atoms with van der Waals surface area (Å²) in [5, 5.41) is 0. The third-order valence-electron chi connectivity index (χ3n) is 4.23. The first-order valence-electron chi connectivity index (χ1n) is 7.24. The molecule has 0 aliphatic rings. The Hall–Kier alpha value is -0.383. The molecule has 2 nitrogen and oxygen atoms in total. The Kier molecular flexibility index (Phi) is 8.55. The maximum Gasteiger partial charge on any atom is 0.176 e. The van der Waals surface area contributed by atoms with E-state index in [1.807, 2.05) is 12.2 Å². The van der Waals surface area contributed by atoms with Crippen molar-refractivity contribution in [2.24, 2.45) is 0 Å². The van der Waals surface area contributed by atoms with Gasteiger partial charge in [0.05, 0.1) is 8.07 Å². The van der Waals surface area contributed by atoms with Gasteiger partial charge in [-0.15, -0.1) is 0 Å². The van der Waals surface area contributed by atoms with Crippen LogP contribution < -0.4 is 0 Å². The molecule has 0 heterocycles. The Balaban J connectivity index is 5.03. The van der Waals surface area contributed by atoms with Crippen LogP contribution in [0.25, 0.3) is 0 Å². The molecule has 0 amide bonds. The topological polar surface area (TPSA) is 18.5 Å². The van der Waals surface area contributed by atoms with E-state index in [1.165, 1.54) is 0 Å². The number of hydrogen-bond acceptors (Lipinski definition) is 2. The van der Waals surface area contributed by atoms with Crippen LogP contribution in [0, 0.1) is 0 Å². The molecular formula is C16H32O2Si. The summed E-state index contributed by atoms with van der Waals surface area (Å²) in [7, 11) is 1.87. The number of ether oxygens (including phenoxy) is 2. The van der Waals surface area contributed by atoms with Gasteiger partial charge >= 0.3 is 0 Å². The highest BCUT2D eigenvalue weighted by Crippen LogP contribution is 2.42. The summed E-state index contributed by atoms with van der Waals surface area (Å²) < 4.78 is 10.3. The molecule has 0 saturated carbocycles. The van der Waals surface area contributed by atoms with Crippen molar-refractivity contribution in [2.45, 2.75) is 64.5 Å². The van der Waals surface area contributed by atoms with E-state index in [4.69, 9.17) is 9.47 Å². The Bertz CT molecular complexity index is 267. The third kappa shape index (κ3) is 4.90. The zero-order valence-corrected chi connectivity index (χ0v) is 14.9. The Labute approximate surface area is 120 Å². The van der Waals surface area contributed by atoms with Gasteiger partial charge in [-0.1, -0.05) is 59.4 Å². The Morgan fingerprint density at radius 3 is 1.47 bits per heavy atom. The van der Waals surface area contributed by atoms with Gasteiger partial charge in [0.25, 0.3) is 0 Å². The maximum atomic E-state index is 5.14. The summed E-state index contributed by atoms with van der Waals surface area (Å²) in [4.78, 5) is 0. The summed E-state index contributed by atoms with van der Waals surface area (Å²) in [6.45, 7) is 14.2. The minimum Gasteiger partial charge on any atom is -0.352 e. The molecule has 0 radical (unpaired) electrons. The van der Waals surface area contributed by atoms with Crippen LogP contribution in [0.2, 0.25) is 16.6 Å². The molecule has 0 aromatic rings. The SMILES string of the molecule is COC(/C=C/C=C\[Si](C(C)C)(C(C)C)C(C)C)OC. The third-order valence-corrected chi connectivity index (χ3v) is 11.0. The van der Waals surface area contributed by atoms with Gasteiger partial charge in [0.2, 0.25) is 0 Å². The van der Waals surface area contributed by atoms with Gasteiger partial charge in [-0.25, -0.2) is 0 Å². The molecule has 0 rings (SSSR count). The molecule has 3 heteroatoms. The fourth-order valence-corrected chi connectivity index (χ4v) is 8.81. The van der Waals surface area contributed by atoms with Crippen molar-refractivity contribution < 1.29 is 9.47 Å². The molecule has 0 aliphatic heterocycles. The number of allylic oxidation sites excluding steroid dienone is 2. The van der Waals surface area contributed by atoms with E-state index < -0.39 is 8.07 Å². The van der Waals surface area contributed by atoms with Gasteiger partial charge in [0.1, 0.15) is 0 Å². The predicted octanol–water partition coefficient (Wildman–Crippen LogP) is 4.94. The molecule has 0 aliphatic carbocycles. The summed E-state index contributed by atoms with van der Waals surface area (Å²) in [5.41, 5.74) is 4.74. The van der Waals surface area contributed by atoms with Crippen molar-refractivity contribution in [1.29, 1.82) is 0 Å². The fourth-order valence-electron chi connectivity index (χ4n) is 3.21. The van der Waals surface area contributed by atoms with E-state index in [2.05, 4.69) is 53.3 Å². The van der Waals surface area contributed by atoms with Crippen molar-refractivity contribution in [1.82, 2.24) is 0 Å². The van der Waals surface area contributed by atoms with Gasteiger partial charge in [0.15, 0.2) is 6.29 Å². The lowest BCUT2D eigenvalue weighted by Crippen LogP contribution is -2.42. The normalized spacial score (nSPS) is 14.1. The highest BCUT2D eigenvalue weighted by Gasteiger charge is 2.39. The van der Waals surface area contributed by atoms with Gasteiger partial charge in [0, 0.05) is 14.2 Å². The summed E-state index contributed by atoms with van der Waals surface area (Å²) in [5.74, 6) is 0. The quantitative estimate of drug-likeness (QED) is 0.357. The highest BCUT2D eigenvalue weighted by atomic mass is 28.3. The fraction of sp³-hybridized carbons (Fsp3) is 0.750. The monoisotopic (exact) mass is 284 g/mol. The van der Waals surface area contributed by atoms with E-state index >= 15 is 0 Å². The van der Waals surface area contributed by atoms with Crippen LogP contribution in [-0.2, 0) is 9.47 Å². The minimum atomic E-state index is -1.43. The standard InChI is InChI=1S/C16H32O2Si/c1-13(2)19(14(3)4,15(5)6)12-10-9-11-16(17-7)18-8/h9-16H,1-8H3/b11-9+,12-10-. The second kappa shape index (κ2) is 8.72. The van der Waals surface area contributed by atoms with Gasteiger partial charge in [-0.2, -0.15) is 0 Å². The molecule has 0 aromatic carbocycles. The second-order valence-electron chi connectivity index (χ2n) is 6.05.